The number of amides is 1. The fraction of sp³-hybridized carbons (Fsp3) is 0.393. The normalized spacial score (nSPS) is 15.4. The lowest BCUT2D eigenvalue weighted by atomic mass is 10.0. The summed E-state index contributed by atoms with van der Waals surface area (Å²) < 4.78 is 44.9. The van der Waals surface area contributed by atoms with Gasteiger partial charge in [-0.1, -0.05) is 18.2 Å². The van der Waals surface area contributed by atoms with Crippen LogP contribution in [0.25, 0.3) is 0 Å². The summed E-state index contributed by atoms with van der Waals surface area (Å²) in [4.78, 5) is 16.9. The molecule has 2 aromatic carbocycles. The number of hydrogen-bond donors (Lipinski definition) is 0. The molecule has 204 valence electrons. The van der Waals surface area contributed by atoms with Crippen molar-refractivity contribution in [1.82, 2.24) is 9.21 Å². The predicted molar refractivity (Wildman–Crippen MR) is 147 cm³/mol. The van der Waals surface area contributed by atoms with Crippen molar-refractivity contribution in [2.45, 2.75) is 30.7 Å². The molecule has 0 saturated heterocycles. The number of fused-ring (bicyclic) bond motifs is 1. The average molecular weight is 559 g/mol. The van der Waals surface area contributed by atoms with Gasteiger partial charge in [-0.05, 0) is 72.7 Å². The van der Waals surface area contributed by atoms with Crippen LogP contribution < -0.4 is 9.47 Å². The number of hydrogen-bond acceptors (Lipinski definition) is 7. The summed E-state index contributed by atoms with van der Waals surface area (Å²) in [5, 5.41) is 2.03. The summed E-state index contributed by atoms with van der Waals surface area (Å²) >= 11 is 1.68. The Morgan fingerprint density at radius 3 is 2.58 bits per heavy atom. The Labute approximate surface area is 228 Å². The van der Waals surface area contributed by atoms with Gasteiger partial charge in [-0.2, -0.15) is 4.31 Å². The van der Waals surface area contributed by atoms with Gasteiger partial charge in [-0.25, -0.2) is 8.42 Å². The number of carbonyl (C=O) groups is 1. The lowest BCUT2D eigenvalue weighted by Gasteiger charge is -2.37. The van der Waals surface area contributed by atoms with Crippen LogP contribution in [0, 0.1) is 6.92 Å². The van der Waals surface area contributed by atoms with E-state index in [0.29, 0.717) is 25.3 Å². The molecule has 0 aliphatic carbocycles. The van der Waals surface area contributed by atoms with E-state index >= 15 is 0 Å². The third kappa shape index (κ3) is 6.37. The summed E-state index contributed by atoms with van der Waals surface area (Å²) in [5.41, 5.74) is 2.08. The number of rotatable bonds is 12. The maximum absolute atomic E-state index is 13.8. The minimum atomic E-state index is -3.92. The minimum Gasteiger partial charge on any atom is -0.497 e. The van der Waals surface area contributed by atoms with Crippen molar-refractivity contribution in [2.75, 3.05) is 47.1 Å². The molecule has 1 unspecified atom stereocenters. The van der Waals surface area contributed by atoms with Gasteiger partial charge in [-0.15, -0.1) is 11.3 Å². The molecule has 1 aliphatic rings. The van der Waals surface area contributed by atoms with Gasteiger partial charge in [-0.3, -0.25) is 4.79 Å². The second-order valence-electron chi connectivity index (χ2n) is 9.09. The molecule has 1 amide bonds. The van der Waals surface area contributed by atoms with Crippen molar-refractivity contribution in [2.24, 2.45) is 0 Å². The highest BCUT2D eigenvalue weighted by Gasteiger charge is 2.35. The number of para-hydroxylation sites is 1. The summed E-state index contributed by atoms with van der Waals surface area (Å²) in [6.07, 6.45) is 1.20. The monoisotopic (exact) mass is 558 g/mol. The van der Waals surface area contributed by atoms with E-state index in [1.165, 1.54) is 28.4 Å². The van der Waals surface area contributed by atoms with E-state index in [1.807, 2.05) is 42.6 Å². The SMILES string of the molecule is COCCCN(CC(=O)N1CCc2sccc2C1COc1ccccc1C)S(=O)(=O)c1ccc(OC)cc1. The average Bonchev–Trinajstić information content (AvgIpc) is 3.41. The van der Waals surface area contributed by atoms with Gasteiger partial charge in [0, 0.05) is 31.7 Å². The van der Waals surface area contributed by atoms with Crippen LogP contribution in [0.1, 0.15) is 28.5 Å². The Kier molecular flexibility index (Phi) is 9.43. The van der Waals surface area contributed by atoms with Crippen LogP contribution in [0.5, 0.6) is 11.5 Å². The van der Waals surface area contributed by atoms with Crippen LogP contribution in [-0.4, -0.2) is 70.6 Å². The van der Waals surface area contributed by atoms with E-state index in [2.05, 4.69) is 0 Å². The Bertz CT molecular complexity index is 1320. The Hall–Kier alpha value is -2.92. The third-order valence-corrected chi connectivity index (χ3v) is 9.53. The standard InChI is InChI=1S/C28H34N2O6S2/c1-21-7-4-5-8-26(21)36-20-25-24-14-18-37-27(24)13-16-30(25)28(31)19-29(15-6-17-34-2)38(32,33)23-11-9-22(35-3)10-12-23/h4-5,7-12,14,18,25H,6,13,15-17,19-20H2,1-3H3. The number of carbonyl (C=O) groups excluding carboxylic acids is 1. The molecule has 0 spiro atoms. The largest absolute Gasteiger partial charge is 0.497 e. The molecule has 1 aromatic heterocycles. The number of ether oxygens (including phenoxy) is 3. The van der Waals surface area contributed by atoms with Crippen molar-refractivity contribution in [1.29, 1.82) is 0 Å². The first-order chi connectivity index (χ1) is 18.3. The number of nitrogens with zero attached hydrogens (tertiary/aromatic N) is 2. The summed E-state index contributed by atoms with van der Waals surface area (Å²) in [6, 6.07) is 15.7. The van der Waals surface area contributed by atoms with Crippen LogP contribution in [0.2, 0.25) is 0 Å². The first-order valence-electron chi connectivity index (χ1n) is 12.5. The molecule has 0 bridgehead atoms. The smallest absolute Gasteiger partial charge is 0.243 e. The molecule has 4 rings (SSSR count). The Morgan fingerprint density at radius 2 is 1.87 bits per heavy atom. The first kappa shape index (κ1) is 28.1. The van der Waals surface area contributed by atoms with E-state index in [1.54, 1.807) is 35.5 Å². The second-order valence-corrected chi connectivity index (χ2v) is 12.0. The minimum absolute atomic E-state index is 0.113. The van der Waals surface area contributed by atoms with Gasteiger partial charge < -0.3 is 19.1 Å². The number of thiophene rings is 1. The molecule has 1 atom stereocenters. The molecule has 3 aromatic rings. The molecule has 8 nitrogen and oxygen atoms in total. The van der Waals surface area contributed by atoms with Crippen molar-refractivity contribution in [3.8, 4) is 11.5 Å². The maximum Gasteiger partial charge on any atom is 0.243 e. The Morgan fingerprint density at radius 1 is 1.11 bits per heavy atom. The first-order valence-corrected chi connectivity index (χ1v) is 14.8. The fourth-order valence-corrected chi connectivity index (χ4v) is 6.93. The summed E-state index contributed by atoms with van der Waals surface area (Å²) in [7, 11) is -0.831. The third-order valence-electron chi connectivity index (χ3n) is 6.67. The van der Waals surface area contributed by atoms with Crippen molar-refractivity contribution >= 4 is 27.3 Å². The molecular formula is C28H34N2O6S2. The zero-order chi connectivity index (χ0) is 27.1. The number of sulfonamides is 1. The van der Waals surface area contributed by atoms with Gasteiger partial charge >= 0.3 is 0 Å². The van der Waals surface area contributed by atoms with Crippen molar-refractivity contribution < 1.29 is 27.4 Å². The molecule has 2 heterocycles. The lowest BCUT2D eigenvalue weighted by molar-refractivity contribution is -0.135. The second kappa shape index (κ2) is 12.8. The molecule has 0 radical (unpaired) electrons. The van der Waals surface area contributed by atoms with Crippen LogP contribution in [0.3, 0.4) is 0 Å². The number of aryl methyl sites for hydroxylation is 1. The maximum atomic E-state index is 13.8. The van der Waals surface area contributed by atoms with E-state index < -0.39 is 10.0 Å². The molecule has 0 fully saturated rings. The van der Waals surface area contributed by atoms with Gasteiger partial charge in [0.25, 0.3) is 0 Å². The molecule has 1 aliphatic heterocycles. The highest BCUT2D eigenvalue weighted by atomic mass is 32.2. The molecule has 10 heteroatoms. The van der Waals surface area contributed by atoms with Crippen LogP contribution in [0.4, 0.5) is 0 Å². The van der Waals surface area contributed by atoms with Crippen molar-refractivity contribution in [3.05, 3.63) is 76.0 Å². The summed E-state index contributed by atoms with van der Waals surface area (Å²) in [6.45, 7) is 3.06. The van der Waals surface area contributed by atoms with Gasteiger partial charge in [0.05, 0.1) is 24.6 Å². The Balaban J connectivity index is 1.57. The quantitative estimate of drug-likeness (QED) is 0.308. The molecule has 0 saturated carbocycles. The van der Waals surface area contributed by atoms with Crippen LogP contribution >= 0.6 is 11.3 Å². The van der Waals surface area contributed by atoms with E-state index in [4.69, 9.17) is 14.2 Å². The highest BCUT2D eigenvalue weighted by Crippen LogP contribution is 2.34. The van der Waals surface area contributed by atoms with E-state index in [9.17, 15) is 13.2 Å². The number of methoxy groups -OCH3 is 2. The lowest BCUT2D eigenvalue weighted by Crippen LogP contribution is -2.48. The van der Waals surface area contributed by atoms with Crippen LogP contribution in [0.15, 0.2) is 64.9 Å². The number of benzene rings is 2. The van der Waals surface area contributed by atoms with E-state index in [-0.39, 0.29) is 36.5 Å². The molecule has 38 heavy (non-hydrogen) atoms. The van der Waals surface area contributed by atoms with E-state index in [0.717, 1.165) is 23.3 Å². The fourth-order valence-electron chi connectivity index (χ4n) is 4.57. The molecular weight excluding hydrogens is 524 g/mol. The van der Waals surface area contributed by atoms with Crippen LogP contribution in [-0.2, 0) is 26.0 Å². The van der Waals surface area contributed by atoms with Gasteiger partial charge in [0.15, 0.2) is 0 Å². The van der Waals surface area contributed by atoms with Gasteiger partial charge in [0.2, 0.25) is 15.9 Å². The zero-order valence-electron chi connectivity index (χ0n) is 22.0. The highest BCUT2D eigenvalue weighted by molar-refractivity contribution is 7.89. The zero-order valence-corrected chi connectivity index (χ0v) is 23.6. The predicted octanol–water partition coefficient (Wildman–Crippen LogP) is 4.30. The summed E-state index contributed by atoms with van der Waals surface area (Å²) in [5.74, 6) is 1.07. The van der Waals surface area contributed by atoms with Gasteiger partial charge in [0.1, 0.15) is 18.1 Å². The molecule has 0 N–H and O–H groups in total. The van der Waals surface area contributed by atoms with Crippen molar-refractivity contribution in [3.63, 3.8) is 0 Å². The topological polar surface area (TPSA) is 85.4 Å².